The Morgan fingerprint density at radius 1 is 1.19 bits per heavy atom. The molecule has 1 aliphatic heterocycles. The van der Waals surface area contributed by atoms with Crippen molar-refractivity contribution in [1.29, 1.82) is 0 Å². The summed E-state index contributed by atoms with van der Waals surface area (Å²) < 4.78 is 5.27. The fourth-order valence-corrected chi connectivity index (χ4v) is 4.50. The van der Waals surface area contributed by atoms with Gasteiger partial charge in [-0.05, 0) is 55.5 Å². The number of carbonyl (C=O) groups is 1. The second-order valence-corrected chi connectivity index (χ2v) is 7.60. The molecule has 1 saturated heterocycles. The maximum atomic E-state index is 13.0. The number of pyridine rings is 1. The summed E-state index contributed by atoms with van der Waals surface area (Å²) in [4.78, 5) is 21.6. The number of aromatic nitrogens is 1. The molecule has 5 heteroatoms. The Balaban J connectivity index is 1.44. The van der Waals surface area contributed by atoms with Gasteiger partial charge in [0, 0.05) is 31.9 Å². The monoisotopic (exact) mass is 365 g/mol. The summed E-state index contributed by atoms with van der Waals surface area (Å²) in [5, 5.41) is 0. The van der Waals surface area contributed by atoms with Crippen molar-refractivity contribution in [3.05, 3.63) is 59.3 Å². The van der Waals surface area contributed by atoms with Crippen LogP contribution in [0, 0.1) is 0 Å². The molecule has 27 heavy (non-hydrogen) atoms. The molecular formula is C22H27N3O2. The fraction of sp³-hybridized carbons (Fsp3) is 0.455. The lowest BCUT2D eigenvalue weighted by Gasteiger charge is -2.40. The highest BCUT2D eigenvalue weighted by atomic mass is 16.5. The van der Waals surface area contributed by atoms with Crippen molar-refractivity contribution in [3.63, 3.8) is 0 Å². The van der Waals surface area contributed by atoms with E-state index in [1.54, 1.807) is 25.4 Å². The number of fused-ring (bicyclic) bond motifs is 1. The van der Waals surface area contributed by atoms with Gasteiger partial charge in [-0.3, -0.25) is 9.69 Å². The van der Waals surface area contributed by atoms with E-state index < -0.39 is 0 Å². The van der Waals surface area contributed by atoms with Gasteiger partial charge in [0.15, 0.2) is 0 Å². The number of hydrogen-bond donors (Lipinski definition) is 0. The second-order valence-electron chi connectivity index (χ2n) is 7.60. The van der Waals surface area contributed by atoms with Crippen LogP contribution in [-0.2, 0) is 12.8 Å². The molecule has 0 radical (unpaired) electrons. The molecule has 2 heterocycles. The van der Waals surface area contributed by atoms with Crippen molar-refractivity contribution in [1.82, 2.24) is 14.8 Å². The van der Waals surface area contributed by atoms with E-state index >= 15 is 0 Å². The summed E-state index contributed by atoms with van der Waals surface area (Å²) in [5.74, 6) is 0.384. The summed E-state index contributed by atoms with van der Waals surface area (Å²) in [6.07, 6.45) is 6.06. The highest BCUT2D eigenvalue weighted by molar-refractivity contribution is 5.96. The molecule has 2 aromatic rings. The van der Waals surface area contributed by atoms with Crippen LogP contribution in [0.4, 0.5) is 0 Å². The van der Waals surface area contributed by atoms with Crippen LogP contribution in [0.2, 0.25) is 0 Å². The van der Waals surface area contributed by atoms with E-state index in [4.69, 9.17) is 4.74 Å². The van der Waals surface area contributed by atoms with Gasteiger partial charge in [-0.1, -0.05) is 24.3 Å². The van der Waals surface area contributed by atoms with E-state index in [2.05, 4.69) is 34.1 Å². The Bertz CT molecular complexity index is 798. The topological polar surface area (TPSA) is 45.7 Å². The number of methoxy groups -OCH3 is 1. The van der Waals surface area contributed by atoms with Gasteiger partial charge < -0.3 is 9.64 Å². The molecule has 1 aromatic carbocycles. The quantitative estimate of drug-likeness (QED) is 0.836. The first kappa shape index (κ1) is 18.0. The van der Waals surface area contributed by atoms with E-state index in [1.807, 2.05) is 11.9 Å². The van der Waals surface area contributed by atoms with Gasteiger partial charge in [0.1, 0.15) is 5.56 Å². The van der Waals surface area contributed by atoms with Crippen LogP contribution in [-0.4, -0.2) is 60.0 Å². The molecule has 5 nitrogen and oxygen atoms in total. The highest BCUT2D eigenvalue weighted by Crippen LogP contribution is 2.29. The molecule has 1 aliphatic carbocycles. The number of ether oxygens (including phenoxy) is 1. The maximum Gasteiger partial charge on any atom is 0.259 e. The van der Waals surface area contributed by atoms with E-state index in [9.17, 15) is 4.79 Å². The minimum Gasteiger partial charge on any atom is -0.480 e. The number of hydrogen-bond acceptors (Lipinski definition) is 4. The lowest BCUT2D eigenvalue weighted by atomic mass is 10.0. The van der Waals surface area contributed by atoms with Crippen LogP contribution in [0.3, 0.4) is 0 Å². The molecule has 4 rings (SSSR count). The zero-order chi connectivity index (χ0) is 18.8. The third kappa shape index (κ3) is 3.56. The molecule has 1 fully saturated rings. The summed E-state index contributed by atoms with van der Waals surface area (Å²) in [6, 6.07) is 13.1. The van der Waals surface area contributed by atoms with Crippen molar-refractivity contribution >= 4 is 5.91 Å². The zero-order valence-electron chi connectivity index (χ0n) is 16.1. The number of likely N-dealkylation sites (tertiary alicyclic amines) is 1. The number of nitrogens with zero attached hydrogens (tertiary/aromatic N) is 3. The Morgan fingerprint density at radius 3 is 2.63 bits per heavy atom. The lowest BCUT2D eigenvalue weighted by Crippen LogP contribution is -2.51. The zero-order valence-corrected chi connectivity index (χ0v) is 16.1. The van der Waals surface area contributed by atoms with Crippen molar-refractivity contribution in [2.24, 2.45) is 0 Å². The van der Waals surface area contributed by atoms with Crippen LogP contribution in [0.15, 0.2) is 42.6 Å². The number of carbonyl (C=O) groups excluding carboxylic acids is 1. The molecule has 142 valence electrons. The van der Waals surface area contributed by atoms with Gasteiger partial charge in [0.25, 0.3) is 5.91 Å². The third-order valence-electron chi connectivity index (χ3n) is 6.04. The molecule has 2 aliphatic rings. The smallest absolute Gasteiger partial charge is 0.259 e. The number of rotatable bonds is 4. The van der Waals surface area contributed by atoms with Crippen molar-refractivity contribution in [3.8, 4) is 5.88 Å². The number of piperidine rings is 1. The number of benzene rings is 1. The summed E-state index contributed by atoms with van der Waals surface area (Å²) in [7, 11) is 3.46. The molecule has 0 spiro atoms. The first-order valence-corrected chi connectivity index (χ1v) is 9.74. The molecule has 1 aromatic heterocycles. The molecule has 0 bridgehead atoms. The van der Waals surface area contributed by atoms with Gasteiger partial charge in [-0.15, -0.1) is 0 Å². The molecular weight excluding hydrogens is 338 g/mol. The van der Waals surface area contributed by atoms with Crippen LogP contribution < -0.4 is 4.74 Å². The van der Waals surface area contributed by atoms with Gasteiger partial charge in [0.2, 0.25) is 5.88 Å². The maximum absolute atomic E-state index is 13.0. The Labute approximate surface area is 161 Å². The third-order valence-corrected chi connectivity index (χ3v) is 6.04. The Morgan fingerprint density at radius 2 is 1.93 bits per heavy atom. The van der Waals surface area contributed by atoms with Crippen molar-refractivity contribution in [2.75, 3.05) is 27.2 Å². The average molecular weight is 365 g/mol. The standard InChI is InChI=1S/C22H27N3O2/c1-24(22(26)20-10-5-11-23-21(20)27-2)18-9-6-12-25(15-18)19-13-16-7-3-4-8-17(16)14-19/h3-5,7-8,10-11,18-19H,6,9,12-15H2,1-2H3/t18-/m1/s1. The molecule has 0 unspecified atom stereocenters. The van der Waals surface area contributed by atoms with Crippen molar-refractivity contribution < 1.29 is 9.53 Å². The average Bonchev–Trinajstić information content (AvgIpc) is 3.17. The number of amides is 1. The Hall–Kier alpha value is -2.40. The molecule has 1 amide bonds. The van der Waals surface area contributed by atoms with E-state index in [1.165, 1.54) is 11.1 Å². The predicted molar refractivity (Wildman–Crippen MR) is 105 cm³/mol. The first-order valence-electron chi connectivity index (χ1n) is 9.74. The minimum atomic E-state index is -0.0125. The SMILES string of the molecule is COc1ncccc1C(=O)N(C)[C@@H]1CCCN(C2Cc3ccccc3C2)C1. The fourth-order valence-electron chi connectivity index (χ4n) is 4.50. The van der Waals surface area contributed by atoms with Gasteiger partial charge in [0.05, 0.1) is 7.11 Å². The van der Waals surface area contributed by atoms with Crippen LogP contribution in [0.1, 0.15) is 34.3 Å². The Kier molecular flexibility index (Phi) is 5.12. The van der Waals surface area contributed by atoms with Crippen LogP contribution in [0.25, 0.3) is 0 Å². The largest absolute Gasteiger partial charge is 0.480 e. The van der Waals surface area contributed by atoms with Gasteiger partial charge >= 0.3 is 0 Å². The van der Waals surface area contributed by atoms with E-state index in [0.29, 0.717) is 17.5 Å². The normalized spacial score (nSPS) is 20.3. The second kappa shape index (κ2) is 7.69. The lowest BCUT2D eigenvalue weighted by molar-refractivity contribution is 0.0552. The molecule has 0 N–H and O–H groups in total. The summed E-state index contributed by atoms with van der Waals surface area (Å²) in [5.41, 5.74) is 3.50. The predicted octanol–water partition coefficient (Wildman–Crippen LogP) is 2.79. The summed E-state index contributed by atoms with van der Waals surface area (Å²) >= 11 is 0. The van der Waals surface area contributed by atoms with Crippen LogP contribution >= 0.6 is 0 Å². The minimum absolute atomic E-state index is 0.0125. The van der Waals surface area contributed by atoms with E-state index in [-0.39, 0.29) is 11.9 Å². The van der Waals surface area contributed by atoms with Gasteiger partial charge in [-0.25, -0.2) is 4.98 Å². The van der Waals surface area contributed by atoms with E-state index in [0.717, 1.165) is 38.8 Å². The first-order chi connectivity index (χ1) is 13.2. The van der Waals surface area contributed by atoms with Crippen LogP contribution in [0.5, 0.6) is 5.88 Å². The number of likely N-dealkylation sites (N-methyl/N-ethyl adjacent to an activating group) is 1. The molecule has 0 saturated carbocycles. The summed E-state index contributed by atoms with van der Waals surface area (Å²) in [6.45, 7) is 2.05. The van der Waals surface area contributed by atoms with Crippen molar-refractivity contribution in [2.45, 2.75) is 37.8 Å². The molecule has 1 atom stereocenters. The van der Waals surface area contributed by atoms with Gasteiger partial charge in [-0.2, -0.15) is 0 Å². The highest BCUT2D eigenvalue weighted by Gasteiger charge is 2.33.